The van der Waals surface area contributed by atoms with Gasteiger partial charge in [-0.1, -0.05) is 103 Å². The Balaban J connectivity index is 1.24. The standard InChI is InChI=1S/C41H45N3O6/c1-29(33-18-11-6-12-19-33)38(46)43-41(40(48)49-3)22-24-44(25-23-41)35-21-13-20-34(27-35)30(2)37(45)42-36(26-31-14-7-4-8-15-31)39(47)50-28-32-16-9-5-10-17-32/h4-21,27,29-30,36H,22-26,28H2,1-3H3,(H,42,45)(H,43,46). The summed E-state index contributed by atoms with van der Waals surface area (Å²) in [4.78, 5) is 55.4. The lowest BCUT2D eigenvalue weighted by Gasteiger charge is -2.41. The summed E-state index contributed by atoms with van der Waals surface area (Å²) < 4.78 is 10.8. The average Bonchev–Trinajstić information content (AvgIpc) is 3.17. The zero-order valence-electron chi connectivity index (χ0n) is 28.8. The molecule has 2 amide bonds. The van der Waals surface area contributed by atoms with Crippen molar-refractivity contribution in [2.75, 3.05) is 25.1 Å². The van der Waals surface area contributed by atoms with E-state index in [4.69, 9.17) is 9.47 Å². The Morgan fingerprint density at radius 3 is 1.90 bits per heavy atom. The number of piperidine rings is 1. The molecule has 3 atom stereocenters. The Morgan fingerprint density at radius 1 is 0.720 bits per heavy atom. The zero-order chi connectivity index (χ0) is 35.5. The fraction of sp³-hybridized carbons (Fsp3) is 0.317. The number of esters is 2. The molecule has 260 valence electrons. The molecule has 1 heterocycles. The Labute approximate surface area is 294 Å². The van der Waals surface area contributed by atoms with Crippen LogP contribution in [0, 0.1) is 0 Å². The third-order valence-corrected chi connectivity index (χ3v) is 9.48. The van der Waals surface area contributed by atoms with Crippen LogP contribution in [0.2, 0.25) is 0 Å². The molecule has 4 aromatic carbocycles. The van der Waals surface area contributed by atoms with E-state index in [0.29, 0.717) is 32.4 Å². The molecule has 0 bridgehead atoms. The molecule has 0 radical (unpaired) electrons. The van der Waals surface area contributed by atoms with Crippen LogP contribution < -0.4 is 15.5 Å². The van der Waals surface area contributed by atoms with E-state index in [1.807, 2.05) is 129 Å². The van der Waals surface area contributed by atoms with Crippen LogP contribution >= 0.6 is 0 Å². The molecule has 50 heavy (non-hydrogen) atoms. The van der Waals surface area contributed by atoms with E-state index in [0.717, 1.165) is 27.9 Å². The van der Waals surface area contributed by atoms with Gasteiger partial charge < -0.3 is 25.0 Å². The maximum absolute atomic E-state index is 13.6. The van der Waals surface area contributed by atoms with Gasteiger partial charge in [0.1, 0.15) is 18.2 Å². The molecule has 3 unspecified atom stereocenters. The molecule has 9 heteroatoms. The number of carbonyl (C=O) groups excluding carboxylic acids is 4. The number of nitrogens with one attached hydrogen (secondary N) is 2. The smallest absolute Gasteiger partial charge is 0.331 e. The number of nitrogens with zero attached hydrogens (tertiary/aromatic N) is 1. The zero-order valence-corrected chi connectivity index (χ0v) is 28.8. The SMILES string of the molecule is COC(=O)C1(NC(=O)C(C)c2ccccc2)CCN(c2cccc(C(C)C(=O)NC(Cc3ccccc3)C(=O)OCc3ccccc3)c2)CC1. The van der Waals surface area contributed by atoms with Crippen molar-refractivity contribution in [3.05, 3.63) is 138 Å². The third kappa shape index (κ3) is 8.96. The average molecular weight is 676 g/mol. The molecule has 0 aromatic heterocycles. The van der Waals surface area contributed by atoms with Gasteiger partial charge in [-0.3, -0.25) is 9.59 Å². The van der Waals surface area contributed by atoms with Crippen LogP contribution in [0.15, 0.2) is 115 Å². The summed E-state index contributed by atoms with van der Waals surface area (Å²) in [6.45, 7) is 4.73. The van der Waals surface area contributed by atoms with Crippen LogP contribution in [0.4, 0.5) is 5.69 Å². The summed E-state index contributed by atoms with van der Waals surface area (Å²) in [5.41, 5.74) is 3.18. The van der Waals surface area contributed by atoms with E-state index in [1.54, 1.807) is 0 Å². The van der Waals surface area contributed by atoms with Gasteiger partial charge in [0.25, 0.3) is 0 Å². The minimum atomic E-state index is -1.14. The number of methoxy groups -OCH3 is 1. The summed E-state index contributed by atoms with van der Waals surface area (Å²) in [6.07, 6.45) is 1.02. The molecule has 2 N–H and O–H groups in total. The summed E-state index contributed by atoms with van der Waals surface area (Å²) in [5, 5.41) is 5.98. The van der Waals surface area contributed by atoms with Crippen LogP contribution in [0.1, 0.15) is 60.8 Å². The highest BCUT2D eigenvalue weighted by Crippen LogP contribution is 2.31. The second-order valence-corrected chi connectivity index (χ2v) is 12.8. The molecular formula is C41H45N3O6. The van der Waals surface area contributed by atoms with Gasteiger partial charge in [0, 0.05) is 25.2 Å². The van der Waals surface area contributed by atoms with Crippen molar-refractivity contribution in [2.24, 2.45) is 0 Å². The molecule has 5 rings (SSSR count). The first-order chi connectivity index (χ1) is 24.2. The Morgan fingerprint density at radius 2 is 1.28 bits per heavy atom. The largest absolute Gasteiger partial charge is 0.467 e. The van der Waals surface area contributed by atoms with Crippen LogP contribution in [0.5, 0.6) is 0 Å². The molecule has 0 saturated carbocycles. The number of anilines is 1. The van der Waals surface area contributed by atoms with Crippen molar-refractivity contribution < 1.29 is 28.7 Å². The van der Waals surface area contributed by atoms with Gasteiger partial charge in [-0.2, -0.15) is 0 Å². The van der Waals surface area contributed by atoms with Crippen LogP contribution in [-0.4, -0.2) is 55.5 Å². The van der Waals surface area contributed by atoms with Crippen molar-refractivity contribution in [1.82, 2.24) is 10.6 Å². The molecule has 1 saturated heterocycles. The predicted molar refractivity (Wildman–Crippen MR) is 192 cm³/mol. The van der Waals surface area contributed by atoms with Gasteiger partial charge in [-0.15, -0.1) is 0 Å². The van der Waals surface area contributed by atoms with Crippen LogP contribution in [0.25, 0.3) is 0 Å². The maximum Gasteiger partial charge on any atom is 0.331 e. The molecule has 1 aliphatic rings. The van der Waals surface area contributed by atoms with Gasteiger partial charge in [0.05, 0.1) is 18.9 Å². The third-order valence-electron chi connectivity index (χ3n) is 9.48. The summed E-state index contributed by atoms with van der Waals surface area (Å²) in [7, 11) is 1.34. The van der Waals surface area contributed by atoms with E-state index >= 15 is 0 Å². The Kier molecular flexibility index (Phi) is 12.0. The van der Waals surface area contributed by atoms with Crippen LogP contribution in [0.3, 0.4) is 0 Å². The monoisotopic (exact) mass is 675 g/mol. The summed E-state index contributed by atoms with van der Waals surface area (Å²) in [5.74, 6) is -2.48. The van der Waals surface area contributed by atoms with Gasteiger partial charge in [-0.05, 0) is 61.1 Å². The van der Waals surface area contributed by atoms with E-state index in [9.17, 15) is 19.2 Å². The quantitative estimate of drug-likeness (QED) is 0.175. The predicted octanol–water partition coefficient (Wildman–Crippen LogP) is 5.69. The summed E-state index contributed by atoms with van der Waals surface area (Å²) >= 11 is 0. The summed E-state index contributed by atoms with van der Waals surface area (Å²) in [6, 6.07) is 35.3. The minimum absolute atomic E-state index is 0.112. The molecule has 0 aliphatic carbocycles. The van der Waals surface area contributed by atoms with Gasteiger partial charge in [-0.25, -0.2) is 9.59 Å². The van der Waals surface area contributed by atoms with Gasteiger partial charge >= 0.3 is 11.9 Å². The molecular weight excluding hydrogens is 630 g/mol. The molecule has 4 aromatic rings. The van der Waals surface area contributed by atoms with Crippen molar-refractivity contribution in [1.29, 1.82) is 0 Å². The topological polar surface area (TPSA) is 114 Å². The van der Waals surface area contributed by atoms with E-state index in [1.165, 1.54) is 7.11 Å². The highest BCUT2D eigenvalue weighted by atomic mass is 16.5. The van der Waals surface area contributed by atoms with E-state index in [-0.39, 0.29) is 18.4 Å². The second kappa shape index (κ2) is 16.8. The highest BCUT2D eigenvalue weighted by Gasteiger charge is 2.44. The lowest BCUT2D eigenvalue weighted by Crippen LogP contribution is -2.61. The van der Waals surface area contributed by atoms with Crippen molar-refractivity contribution >= 4 is 29.4 Å². The van der Waals surface area contributed by atoms with Crippen LogP contribution in [-0.2, 0) is 41.7 Å². The highest BCUT2D eigenvalue weighted by molar-refractivity contribution is 5.91. The fourth-order valence-corrected chi connectivity index (χ4v) is 6.27. The first-order valence-electron chi connectivity index (χ1n) is 17.0. The van der Waals surface area contributed by atoms with Crippen molar-refractivity contribution in [2.45, 2.75) is 63.1 Å². The molecule has 0 spiro atoms. The molecule has 1 fully saturated rings. The number of hydrogen-bond donors (Lipinski definition) is 2. The van der Waals surface area contributed by atoms with E-state index < -0.39 is 35.4 Å². The Bertz CT molecular complexity index is 1740. The minimum Gasteiger partial charge on any atom is -0.467 e. The van der Waals surface area contributed by atoms with Gasteiger partial charge in [0.15, 0.2) is 0 Å². The first kappa shape index (κ1) is 35.9. The number of benzene rings is 4. The lowest BCUT2D eigenvalue weighted by molar-refractivity contribution is -0.152. The van der Waals surface area contributed by atoms with Crippen molar-refractivity contribution in [3.63, 3.8) is 0 Å². The number of carbonyl (C=O) groups is 4. The second-order valence-electron chi connectivity index (χ2n) is 12.8. The Hall–Kier alpha value is -5.44. The fourth-order valence-electron chi connectivity index (χ4n) is 6.27. The van der Waals surface area contributed by atoms with Crippen molar-refractivity contribution in [3.8, 4) is 0 Å². The van der Waals surface area contributed by atoms with E-state index in [2.05, 4.69) is 15.5 Å². The first-order valence-corrected chi connectivity index (χ1v) is 17.0. The maximum atomic E-state index is 13.6. The molecule has 9 nitrogen and oxygen atoms in total. The number of ether oxygens (including phenoxy) is 2. The molecule has 1 aliphatic heterocycles. The number of rotatable bonds is 13. The lowest BCUT2D eigenvalue weighted by atomic mass is 9.85. The normalized spacial score (nSPS) is 15.5. The number of amides is 2. The number of hydrogen-bond acceptors (Lipinski definition) is 7. The van der Waals surface area contributed by atoms with Gasteiger partial charge in [0.2, 0.25) is 11.8 Å².